The molecule has 0 aliphatic heterocycles. The first-order valence-electron chi connectivity index (χ1n) is 6.78. The molecule has 0 saturated heterocycles. The van der Waals surface area contributed by atoms with E-state index in [9.17, 15) is 0 Å². The zero-order valence-electron chi connectivity index (χ0n) is 11.3. The van der Waals surface area contributed by atoms with Gasteiger partial charge in [0.25, 0.3) is 0 Å². The molecule has 0 amide bonds. The molecule has 0 spiro atoms. The molecule has 0 bridgehead atoms. The van der Waals surface area contributed by atoms with Crippen LogP contribution in [-0.4, -0.2) is 26.5 Å². The Morgan fingerprint density at radius 3 is 3.05 bits per heavy atom. The van der Waals surface area contributed by atoms with Crippen LogP contribution in [0.1, 0.15) is 49.0 Å². The predicted molar refractivity (Wildman–Crippen MR) is 69.7 cm³/mol. The van der Waals surface area contributed by atoms with Crippen LogP contribution in [0.15, 0.2) is 16.9 Å². The lowest BCUT2D eigenvalue weighted by Crippen LogP contribution is -2.23. The summed E-state index contributed by atoms with van der Waals surface area (Å²) in [7, 11) is 0. The van der Waals surface area contributed by atoms with Gasteiger partial charge in [0.2, 0.25) is 5.89 Å². The molecule has 2 aromatic heterocycles. The highest BCUT2D eigenvalue weighted by Crippen LogP contribution is 2.38. The first-order chi connectivity index (χ1) is 9.22. The lowest BCUT2D eigenvalue weighted by Gasteiger charge is -2.09. The minimum absolute atomic E-state index is 0.0802. The van der Waals surface area contributed by atoms with E-state index in [1.165, 1.54) is 18.4 Å². The first-order valence-corrected chi connectivity index (χ1v) is 6.78. The molecule has 0 aromatic carbocycles. The fraction of sp³-hybridized carbons (Fsp3) is 0.615. The van der Waals surface area contributed by atoms with Crippen molar-refractivity contribution in [2.24, 2.45) is 0 Å². The van der Waals surface area contributed by atoms with Crippen LogP contribution in [0.4, 0.5) is 0 Å². The summed E-state index contributed by atoms with van der Waals surface area (Å²) in [6.07, 6.45) is 6.28. The molecule has 1 aliphatic rings. The van der Waals surface area contributed by atoms with Crippen LogP contribution < -0.4 is 5.32 Å². The number of nitrogens with one attached hydrogen (secondary N) is 1. The summed E-state index contributed by atoms with van der Waals surface area (Å²) in [6.45, 7) is 5.74. The fourth-order valence-corrected chi connectivity index (χ4v) is 2.00. The molecule has 1 saturated carbocycles. The molecule has 2 heterocycles. The van der Waals surface area contributed by atoms with Crippen LogP contribution in [0.2, 0.25) is 0 Å². The molecule has 2 aromatic rings. The van der Waals surface area contributed by atoms with Gasteiger partial charge in [0.1, 0.15) is 0 Å². The second kappa shape index (κ2) is 5.13. The van der Waals surface area contributed by atoms with E-state index in [2.05, 4.69) is 20.6 Å². The second-order valence-electron chi connectivity index (χ2n) is 5.22. The first kappa shape index (κ1) is 12.3. The van der Waals surface area contributed by atoms with Gasteiger partial charge in [0.15, 0.2) is 5.82 Å². The van der Waals surface area contributed by atoms with E-state index in [1.54, 1.807) is 0 Å². The molecule has 1 N–H and O–H groups in total. The third kappa shape index (κ3) is 3.01. The van der Waals surface area contributed by atoms with Gasteiger partial charge >= 0.3 is 0 Å². The molecule has 1 atom stereocenters. The van der Waals surface area contributed by atoms with Crippen molar-refractivity contribution < 1.29 is 4.52 Å². The molecular weight excluding hydrogens is 242 g/mol. The van der Waals surface area contributed by atoms with Gasteiger partial charge in [-0.3, -0.25) is 4.68 Å². The van der Waals surface area contributed by atoms with Crippen molar-refractivity contribution in [3.63, 3.8) is 0 Å². The number of rotatable bonds is 6. The number of aryl methyl sites for hydroxylation is 1. The minimum Gasteiger partial charge on any atom is -0.338 e. The van der Waals surface area contributed by atoms with E-state index in [4.69, 9.17) is 4.52 Å². The maximum atomic E-state index is 5.29. The molecule has 6 nitrogen and oxygen atoms in total. The highest BCUT2D eigenvalue weighted by atomic mass is 16.5. The molecule has 3 rings (SSSR count). The van der Waals surface area contributed by atoms with E-state index in [1.807, 2.05) is 30.9 Å². The zero-order chi connectivity index (χ0) is 13.2. The summed E-state index contributed by atoms with van der Waals surface area (Å²) in [5, 5.41) is 11.6. The van der Waals surface area contributed by atoms with Gasteiger partial charge in [0, 0.05) is 18.7 Å². The van der Waals surface area contributed by atoms with Crippen molar-refractivity contribution >= 4 is 0 Å². The number of nitrogens with zero attached hydrogens (tertiary/aromatic N) is 4. The van der Waals surface area contributed by atoms with Gasteiger partial charge in [-0.1, -0.05) is 5.16 Å². The van der Waals surface area contributed by atoms with Crippen molar-refractivity contribution in [2.45, 2.75) is 45.2 Å². The van der Waals surface area contributed by atoms with Crippen molar-refractivity contribution in [1.29, 1.82) is 0 Å². The Morgan fingerprint density at radius 2 is 2.37 bits per heavy atom. The Bertz CT molecular complexity index is 543. The van der Waals surface area contributed by atoms with E-state index in [0.717, 1.165) is 18.9 Å². The summed E-state index contributed by atoms with van der Waals surface area (Å²) in [6, 6.07) is 0.0802. The van der Waals surface area contributed by atoms with Crippen LogP contribution >= 0.6 is 0 Å². The Balaban J connectivity index is 1.48. The summed E-state index contributed by atoms with van der Waals surface area (Å²) in [5.41, 5.74) is 1.18. The monoisotopic (exact) mass is 261 g/mol. The van der Waals surface area contributed by atoms with Crippen molar-refractivity contribution in [2.75, 3.05) is 6.54 Å². The smallest absolute Gasteiger partial charge is 0.243 e. The summed E-state index contributed by atoms with van der Waals surface area (Å²) in [5.74, 6) is 2.08. The van der Waals surface area contributed by atoms with Crippen LogP contribution in [0.25, 0.3) is 0 Å². The van der Waals surface area contributed by atoms with Gasteiger partial charge in [-0.25, -0.2) is 0 Å². The SMILES string of the molecule is Cc1cnn(CCNC(C)c2nc(C3CC3)no2)c1. The van der Waals surface area contributed by atoms with E-state index >= 15 is 0 Å². The average Bonchev–Trinajstić information content (AvgIpc) is 2.97. The zero-order valence-corrected chi connectivity index (χ0v) is 11.3. The van der Waals surface area contributed by atoms with Gasteiger partial charge in [-0.05, 0) is 32.3 Å². The van der Waals surface area contributed by atoms with Crippen molar-refractivity contribution in [3.8, 4) is 0 Å². The number of hydrogen-bond acceptors (Lipinski definition) is 5. The maximum absolute atomic E-state index is 5.29. The molecule has 1 aliphatic carbocycles. The second-order valence-corrected chi connectivity index (χ2v) is 5.22. The van der Waals surface area contributed by atoms with Gasteiger partial charge in [-0.2, -0.15) is 10.1 Å². The molecule has 6 heteroatoms. The van der Waals surface area contributed by atoms with Crippen molar-refractivity contribution in [3.05, 3.63) is 29.7 Å². The van der Waals surface area contributed by atoms with Crippen molar-refractivity contribution in [1.82, 2.24) is 25.2 Å². The molecule has 1 fully saturated rings. The molecule has 19 heavy (non-hydrogen) atoms. The average molecular weight is 261 g/mol. The topological polar surface area (TPSA) is 68.8 Å². The minimum atomic E-state index is 0.0802. The quantitative estimate of drug-likeness (QED) is 0.858. The summed E-state index contributed by atoms with van der Waals surface area (Å²) < 4.78 is 7.22. The van der Waals surface area contributed by atoms with Crippen LogP contribution in [0, 0.1) is 6.92 Å². The Hall–Kier alpha value is -1.69. The Kier molecular flexibility index (Phi) is 3.33. The Morgan fingerprint density at radius 1 is 1.53 bits per heavy atom. The predicted octanol–water partition coefficient (Wildman–Crippen LogP) is 1.80. The summed E-state index contributed by atoms with van der Waals surface area (Å²) in [4.78, 5) is 4.44. The lowest BCUT2D eigenvalue weighted by atomic mass is 10.3. The third-order valence-electron chi connectivity index (χ3n) is 3.32. The van der Waals surface area contributed by atoms with E-state index in [0.29, 0.717) is 11.8 Å². The lowest BCUT2D eigenvalue weighted by molar-refractivity contribution is 0.333. The number of aromatic nitrogens is 4. The fourth-order valence-electron chi connectivity index (χ4n) is 2.00. The van der Waals surface area contributed by atoms with Gasteiger partial charge in [-0.15, -0.1) is 0 Å². The summed E-state index contributed by atoms with van der Waals surface area (Å²) >= 11 is 0. The molecule has 102 valence electrons. The van der Waals surface area contributed by atoms with Crippen LogP contribution in [0.5, 0.6) is 0 Å². The van der Waals surface area contributed by atoms with Gasteiger partial charge < -0.3 is 9.84 Å². The molecular formula is C13H19N5O. The van der Waals surface area contributed by atoms with Crippen LogP contribution in [-0.2, 0) is 6.54 Å². The Labute approximate surface area is 112 Å². The van der Waals surface area contributed by atoms with E-state index < -0.39 is 0 Å². The number of hydrogen-bond donors (Lipinski definition) is 1. The highest BCUT2D eigenvalue weighted by Gasteiger charge is 2.29. The third-order valence-corrected chi connectivity index (χ3v) is 3.32. The molecule has 1 unspecified atom stereocenters. The van der Waals surface area contributed by atoms with Gasteiger partial charge in [0.05, 0.1) is 18.8 Å². The van der Waals surface area contributed by atoms with E-state index in [-0.39, 0.29) is 6.04 Å². The standard InChI is InChI=1S/C13H19N5O/c1-9-7-15-18(8-9)6-5-14-10(2)13-16-12(17-19-13)11-3-4-11/h7-8,10-11,14H,3-6H2,1-2H3. The maximum Gasteiger partial charge on any atom is 0.243 e. The largest absolute Gasteiger partial charge is 0.338 e. The normalized spacial score (nSPS) is 16.7. The highest BCUT2D eigenvalue weighted by molar-refractivity contribution is 5.04. The van der Waals surface area contributed by atoms with Crippen LogP contribution in [0.3, 0.4) is 0 Å². The molecule has 0 radical (unpaired) electrons.